The number of benzene rings is 1. The molecule has 0 radical (unpaired) electrons. The maximum atomic E-state index is 13.1. The molecule has 1 unspecified atom stereocenters. The zero-order valence-corrected chi connectivity index (χ0v) is 18.3. The number of hydrogen-bond donors (Lipinski definition) is 1. The molecule has 0 bridgehead atoms. The van der Waals surface area contributed by atoms with Crippen LogP contribution in [-0.4, -0.2) is 54.4 Å². The van der Waals surface area contributed by atoms with Crippen LogP contribution in [0.25, 0.3) is 0 Å². The Bertz CT molecular complexity index is 888. The number of nitrogens with zero attached hydrogens (tertiary/aromatic N) is 1. The molecule has 0 aliphatic carbocycles. The summed E-state index contributed by atoms with van der Waals surface area (Å²) < 4.78 is 9.93. The van der Waals surface area contributed by atoms with Crippen LogP contribution >= 0.6 is 0 Å². The average molecular weight is 415 g/mol. The van der Waals surface area contributed by atoms with E-state index >= 15 is 0 Å². The van der Waals surface area contributed by atoms with Crippen LogP contribution < -0.4 is 0 Å². The first-order valence-electron chi connectivity index (χ1n) is 10.0. The zero-order chi connectivity index (χ0) is 22.3. The standard InChI is InChI=1S/C23H30N2O5/c1-6-30-23(28)20-16(3)21(24-17(20)4)19(26)14-25(12-15(2)22(27)29-5)13-18-10-8-7-9-11-18/h7-11,15,24H,6,12-14H2,1-5H3. The van der Waals surface area contributed by atoms with Crippen molar-refractivity contribution in [2.24, 2.45) is 5.92 Å². The number of carbonyl (C=O) groups excluding carboxylic acids is 3. The second-order valence-corrected chi connectivity index (χ2v) is 7.35. The molecule has 2 aromatic rings. The molecular weight excluding hydrogens is 384 g/mol. The van der Waals surface area contributed by atoms with Crippen molar-refractivity contribution < 1.29 is 23.9 Å². The first-order chi connectivity index (χ1) is 14.3. The molecule has 1 aromatic carbocycles. The highest BCUT2D eigenvalue weighted by Gasteiger charge is 2.25. The lowest BCUT2D eigenvalue weighted by Crippen LogP contribution is -2.36. The maximum Gasteiger partial charge on any atom is 0.340 e. The monoisotopic (exact) mass is 414 g/mol. The summed E-state index contributed by atoms with van der Waals surface area (Å²) in [6, 6.07) is 9.75. The summed E-state index contributed by atoms with van der Waals surface area (Å²) in [7, 11) is 1.35. The third-order valence-electron chi connectivity index (χ3n) is 4.95. The molecule has 1 heterocycles. The van der Waals surface area contributed by atoms with Crippen molar-refractivity contribution in [3.8, 4) is 0 Å². The first-order valence-corrected chi connectivity index (χ1v) is 10.0. The van der Waals surface area contributed by atoms with Gasteiger partial charge in [0.15, 0.2) is 5.78 Å². The van der Waals surface area contributed by atoms with E-state index in [4.69, 9.17) is 9.47 Å². The number of aromatic amines is 1. The van der Waals surface area contributed by atoms with Crippen molar-refractivity contribution in [1.82, 2.24) is 9.88 Å². The van der Waals surface area contributed by atoms with E-state index in [1.165, 1.54) is 7.11 Å². The lowest BCUT2D eigenvalue weighted by Gasteiger charge is -2.24. The molecule has 0 aliphatic rings. The topological polar surface area (TPSA) is 88.7 Å². The number of methoxy groups -OCH3 is 1. The molecule has 1 aromatic heterocycles. The van der Waals surface area contributed by atoms with E-state index < -0.39 is 5.97 Å². The average Bonchev–Trinajstić information content (AvgIpc) is 3.02. The van der Waals surface area contributed by atoms with Crippen molar-refractivity contribution in [2.75, 3.05) is 26.8 Å². The van der Waals surface area contributed by atoms with Crippen LogP contribution in [0, 0.1) is 19.8 Å². The van der Waals surface area contributed by atoms with Gasteiger partial charge in [-0.1, -0.05) is 37.3 Å². The summed E-state index contributed by atoms with van der Waals surface area (Å²) in [5, 5.41) is 0. The molecular formula is C23H30N2O5. The molecule has 0 amide bonds. The summed E-state index contributed by atoms with van der Waals surface area (Å²) in [4.78, 5) is 42.2. The van der Waals surface area contributed by atoms with Crippen LogP contribution in [0.4, 0.5) is 0 Å². The van der Waals surface area contributed by atoms with Gasteiger partial charge in [0.1, 0.15) is 0 Å². The molecule has 0 saturated carbocycles. The fourth-order valence-electron chi connectivity index (χ4n) is 3.51. The number of esters is 2. The summed E-state index contributed by atoms with van der Waals surface area (Å²) >= 11 is 0. The van der Waals surface area contributed by atoms with Crippen molar-refractivity contribution >= 4 is 17.7 Å². The number of aromatic nitrogens is 1. The van der Waals surface area contributed by atoms with Crippen molar-refractivity contribution in [3.63, 3.8) is 0 Å². The third-order valence-corrected chi connectivity index (χ3v) is 4.95. The summed E-state index contributed by atoms with van der Waals surface area (Å²) in [6.07, 6.45) is 0. The van der Waals surface area contributed by atoms with Gasteiger partial charge in [0, 0.05) is 18.8 Å². The Hall–Kier alpha value is -2.93. The maximum absolute atomic E-state index is 13.1. The van der Waals surface area contributed by atoms with Gasteiger partial charge in [-0.2, -0.15) is 0 Å². The van der Waals surface area contributed by atoms with Crippen LogP contribution in [0.5, 0.6) is 0 Å². The van der Waals surface area contributed by atoms with Crippen molar-refractivity contribution in [3.05, 3.63) is 58.4 Å². The Balaban J connectivity index is 2.24. The van der Waals surface area contributed by atoms with Crippen LogP contribution in [0.3, 0.4) is 0 Å². The highest BCUT2D eigenvalue weighted by Crippen LogP contribution is 2.20. The van der Waals surface area contributed by atoms with Gasteiger partial charge < -0.3 is 14.5 Å². The number of carbonyl (C=O) groups is 3. The Morgan fingerprint density at radius 1 is 1.13 bits per heavy atom. The van der Waals surface area contributed by atoms with Crippen LogP contribution in [0.15, 0.2) is 30.3 Å². The van der Waals surface area contributed by atoms with Crippen LogP contribution in [0.2, 0.25) is 0 Å². The smallest absolute Gasteiger partial charge is 0.340 e. The minimum Gasteiger partial charge on any atom is -0.469 e. The number of nitrogens with one attached hydrogen (secondary N) is 1. The highest BCUT2D eigenvalue weighted by atomic mass is 16.5. The number of hydrogen-bond acceptors (Lipinski definition) is 6. The lowest BCUT2D eigenvalue weighted by atomic mass is 10.1. The van der Waals surface area contributed by atoms with Gasteiger partial charge in [-0.05, 0) is 31.9 Å². The van der Waals surface area contributed by atoms with Gasteiger partial charge in [-0.25, -0.2) is 4.79 Å². The number of rotatable bonds is 10. The second kappa shape index (κ2) is 10.7. The molecule has 0 saturated heterocycles. The van der Waals surface area contributed by atoms with Gasteiger partial charge >= 0.3 is 11.9 Å². The second-order valence-electron chi connectivity index (χ2n) is 7.35. The van der Waals surface area contributed by atoms with E-state index in [1.54, 1.807) is 27.7 Å². The fourth-order valence-corrected chi connectivity index (χ4v) is 3.51. The van der Waals surface area contributed by atoms with Crippen LogP contribution in [0.1, 0.15) is 51.5 Å². The van der Waals surface area contributed by atoms with E-state index in [1.807, 2.05) is 35.2 Å². The zero-order valence-electron chi connectivity index (χ0n) is 18.3. The highest BCUT2D eigenvalue weighted by molar-refractivity contribution is 6.02. The summed E-state index contributed by atoms with van der Waals surface area (Å²) in [6.45, 7) is 8.25. The minimum absolute atomic E-state index is 0.0965. The van der Waals surface area contributed by atoms with E-state index in [0.717, 1.165) is 5.56 Å². The van der Waals surface area contributed by atoms with Crippen LogP contribution in [-0.2, 0) is 20.8 Å². The van der Waals surface area contributed by atoms with E-state index in [9.17, 15) is 14.4 Å². The lowest BCUT2D eigenvalue weighted by molar-refractivity contribution is -0.145. The molecule has 0 aliphatic heterocycles. The van der Waals surface area contributed by atoms with Gasteiger partial charge in [0.25, 0.3) is 0 Å². The van der Waals surface area contributed by atoms with E-state index in [0.29, 0.717) is 35.6 Å². The summed E-state index contributed by atoms with van der Waals surface area (Å²) in [5.41, 5.74) is 3.01. The Morgan fingerprint density at radius 3 is 2.40 bits per heavy atom. The van der Waals surface area contributed by atoms with Crippen molar-refractivity contribution in [2.45, 2.75) is 34.2 Å². The minimum atomic E-state index is -0.441. The Kier molecular flexibility index (Phi) is 8.35. The molecule has 7 nitrogen and oxygen atoms in total. The predicted molar refractivity (Wildman–Crippen MR) is 113 cm³/mol. The molecule has 1 atom stereocenters. The number of Topliss-reactive ketones (excluding diaryl/α,β-unsaturated/α-hetero) is 1. The molecule has 0 fully saturated rings. The fraction of sp³-hybridized carbons (Fsp3) is 0.435. The van der Waals surface area contributed by atoms with E-state index in [2.05, 4.69) is 4.98 Å². The molecule has 30 heavy (non-hydrogen) atoms. The SMILES string of the molecule is CCOC(=O)c1c(C)[nH]c(C(=O)CN(Cc2ccccc2)CC(C)C(=O)OC)c1C. The van der Waals surface area contributed by atoms with Gasteiger partial charge in [0.2, 0.25) is 0 Å². The first kappa shape index (κ1) is 23.3. The van der Waals surface area contributed by atoms with Crippen molar-refractivity contribution in [1.29, 1.82) is 0 Å². The largest absolute Gasteiger partial charge is 0.469 e. The van der Waals surface area contributed by atoms with Gasteiger partial charge in [-0.15, -0.1) is 0 Å². The Labute approximate surface area is 177 Å². The Morgan fingerprint density at radius 2 is 1.80 bits per heavy atom. The normalized spacial score (nSPS) is 11.9. The molecule has 2 rings (SSSR count). The predicted octanol–water partition coefficient (Wildman–Crippen LogP) is 3.30. The third kappa shape index (κ3) is 5.79. The van der Waals surface area contributed by atoms with Gasteiger partial charge in [0.05, 0.1) is 37.4 Å². The number of ketones is 1. The summed E-state index contributed by atoms with van der Waals surface area (Å²) in [5.74, 6) is -1.30. The number of aryl methyl sites for hydroxylation is 1. The molecule has 0 spiro atoms. The number of H-pyrrole nitrogens is 1. The van der Waals surface area contributed by atoms with Gasteiger partial charge in [-0.3, -0.25) is 14.5 Å². The number of ether oxygens (including phenoxy) is 2. The molecule has 7 heteroatoms. The molecule has 162 valence electrons. The molecule has 1 N–H and O–H groups in total. The van der Waals surface area contributed by atoms with E-state index in [-0.39, 0.29) is 30.8 Å². The quantitative estimate of drug-likeness (QED) is 0.474.